The molecule has 0 aliphatic carbocycles. The molecule has 0 spiro atoms. The van der Waals surface area contributed by atoms with Crippen molar-refractivity contribution in [3.8, 4) is 0 Å². The third-order valence-corrected chi connectivity index (χ3v) is 4.06. The summed E-state index contributed by atoms with van der Waals surface area (Å²) in [6, 6.07) is 9.42. The Morgan fingerprint density at radius 1 is 1.41 bits per heavy atom. The molecule has 1 aromatic heterocycles. The molecule has 0 saturated carbocycles. The molecule has 1 heterocycles. The average molecular weight is 314 g/mol. The molecule has 0 saturated heterocycles. The second-order valence-corrected chi connectivity index (χ2v) is 5.51. The van der Waals surface area contributed by atoms with Crippen LogP contribution in [0.25, 0.3) is 0 Å². The fourth-order valence-electron chi connectivity index (χ4n) is 1.73. The van der Waals surface area contributed by atoms with Gasteiger partial charge in [-0.3, -0.25) is 0 Å². The molecule has 0 radical (unpaired) electrons. The van der Waals surface area contributed by atoms with E-state index in [2.05, 4.69) is 39.6 Å². The van der Waals surface area contributed by atoms with Crippen molar-refractivity contribution < 1.29 is 4.39 Å². The number of thiophene rings is 1. The molecule has 0 fully saturated rings. The zero-order valence-corrected chi connectivity index (χ0v) is 11.8. The van der Waals surface area contributed by atoms with E-state index in [1.165, 1.54) is 10.9 Å². The van der Waals surface area contributed by atoms with Crippen LogP contribution in [-0.4, -0.2) is 6.54 Å². The number of hydrogen-bond acceptors (Lipinski definition) is 2. The van der Waals surface area contributed by atoms with Gasteiger partial charge in [0.1, 0.15) is 5.82 Å². The predicted octanol–water partition coefficient (Wildman–Crippen LogP) is 4.35. The largest absolute Gasteiger partial charge is 0.306 e. The Bertz CT molecular complexity index is 484. The van der Waals surface area contributed by atoms with Gasteiger partial charge in [0.15, 0.2) is 0 Å². The van der Waals surface area contributed by atoms with Crippen molar-refractivity contribution in [2.24, 2.45) is 0 Å². The molecule has 2 rings (SSSR count). The molecule has 0 bridgehead atoms. The van der Waals surface area contributed by atoms with Gasteiger partial charge in [-0.2, -0.15) is 0 Å². The molecule has 1 unspecified atom stereocenters. The van der Waals surface area contributed by atoms with E-state index in [1.54, 1.807) is 11.3 Å². The first-order chi connectivity index (χ1) is 8.22. The summed E-state index contributed by atoms with van der Waals surface area (Å²) in [7, 11) is 0. The summed E-state index contributed by atoms with van der Waals surface area (Å²) in [6.07, 6.45) is 0. The van der Waals surface area contributed by atoms with Gasteiger partial charge in [-0.05, 0) is 51.6 Å². The van der Waals surface area contributed by atoms with E-state index in [0.29, 0.717) is 4.47 Å². The van der Waals surface area contributed by atoms with E-state index in [1.807, 2.05) is 18.2 Å². The van der Waals surface area contributed by atoms with E-state index < -0.39 is 0 Å². The highest BCUT2D eigenvalue weighted by molar-refractivity contribution is 9.10. The van der Waals surface area contributed by atoms with Crippen LogP contribution in [0.2, 0.25) is 0 Å². The Kier molecular flexibility index (Phi) is 4.31. The SMILES string of the molecule is CCNC(c1ccc(F)c(Br)c1)c1cccs1. The van der Waals surface area contributed by atoms with Crippen molar-refractivity contribution in [1.82, 2.24) is 5.32 Å². The first-order valence-electron chi connectivity index (χ1n) is 5.44. The molecule has 1 atom stereocenters. The van der Waals surface area contributed by atoms with Crippen molar-refractivity contribution >= 4 is 27.3 Å². The van der Waals surface area contributed by atoms with Gasteiger partial charge >= 0.3 is 0 Å². The van der Waals surface area contributed by atoms with Crippen LogP contribution in [0.1, 0.15) is 23.4 Å². The van der Waals surface area contributed by atoms with E-state index in [-0.39, 0.29) is 11.9 Å². The van der Waals surface area contributed by atoms with Crippen LogP contribution < -0.4 is 5.32 Å². The molecule has 0 aliphatic rings. The first kappa shape index (κ1) is 12.7. The first-order valence-corrected chi connectivity index (χ1v) is 7.11. The maximum absolute atomic E-state index is 13.2. The number of halogens is 2. The molecule has 1 N–H and O–H groups in total. The van der Waals surface area contributed by atoms with Crippen molar-refractivity contribution in [2.45, 2.75) is 13.0 Å². The zero-order chi connectivity index (χ0) is 12.3. The van der Waals surface area contributed by atoms with Gasteiger partial charge < -0.3 is 5.32 Å². The Morgan fingerprint density at radius 2 is 2.24 bits per heavy atom. The van der Waals surface area contributed by atoms with Crippen LogP contribution in [-0.2, 0) is 0 Å². The zero-order valence-electron chi connectivity index (χ0n) is 9.41. The van der Waals surface area contributed by atoms with Crippen LogP contribution in [0.5, 0.6) is 0 Å². The fourth-order valence-corrected chi connectivity index (χ4v) is 2.96. The van der Waals surface area contributed by atoms with E-state index in [9.17, 15) is 4.39 Å². The lowest BCUT2D eigenvalue weighted by Crippen LogP contribution is -2.21. The molecule has 2 aromatic rings. The topological polar surface area (TPSA) is 12.0 Å². The number of rotatable bonds is 4. The Hall–Kier alpha value is -0.710. The van der Waals surface area contributed by atoms with Gasteiger partial charge in [-0.25, -0.2) is 4.39 Å². The smallest absolute Gasteiger partial charge is 0.137 e. The lowest BCUT2D eigenvalue weighted by Gasteiger charge is -2.17. The predicted molar refractivity (Wildman–Crippen MR) is 73.9 cm³/mol. The fraction of sp³-hybridized carbons (Fsp3) is 0.231. The standard InChI is InChI=1S/C13H13BrFNS/c1-2-16-13(12-4-3-7-17-12)9-5-6-11(15)10(14)8-9/h3-8,13,16H,2H2,1H3. The summed E-state index contributed by atoms with van der Waals surface area (Å²) in [5, 5.41) is 5.47. The van der Waals surface area contributed by atoms with Crippen molar-refractivity contribution in [1.29, 1.82) is 0 Å². The Labute approximate surface area is 113 Å². The lowest BCUT2D eigenvalue weighted by molar-refractivity contribution is 0.611. The van der Waals surface area contributed by atoms with Gasteiger partial charge in [0.2, 0.25) is 0 Å². The number of hydrogen-bond donors (Lipinski definition) is 1. The summed E-state index contributed by atoms with van der Waals surface area (Å²) in [5.41, 5.74) is 1.07. The van der Waals surface area contributed by atoms with Crippen molar-refractivity contribution in [3.63, 3.8) is 0 Å². The van der Waals surface area contributed by atoms with E-state index in [0.717, 1.165) is 12.1 Å². The summed E-state index contributed by atoms with van der Waals surface area (Å²) in [5.74, 6) is -0.227. The number of nitrogens with one attached hydrogen (secondary N) is 1. The maximum atomic E-state index is 13.2. The lowest BCUT2D eigenvalue weighted by atomic mass is 10.1. The quantitative estimate of drug-likeness (QED) is 0.885. The summed E-state index contributed by atoms with van der Waals surface area (Å²) >= 11 is 4.93. The molecule has 0 amide bonds. The molecule has 1 aromatic carbocycles. The second kappa shape index (κ2) is 5.76. The monoisotopic (exact) mass is 313 g/mol. The molecular formula is C13H13BrFNS. The second-order valence-electron chi connectivity index (χ2n) is 3.68. The molecule has 90 valence electrons. The molecule has 1 nitrogen and oxygen atoms in total. The highest BCUT2D eigenvalue weighted by atomic mass is 79.9. The normalized spacial score (nSPS) is 12.6. The molecule has 17 heavy (non-hydrogen) atoms. The average Bonchev–Trinajstić information content (AvgIpc) is 2.83. The highest BCUT2D eigenvalue weighted by Crippen LogP contribution is 2.28. The summed E-state index contributed by atoms with van der Waals surface area (Å²) < 4.78 is 13.7. The molecular weight excluding hydrogens is 301 g/mol. The summed E-state index contributed by atoms with van der Waals surface area (Å²) in [6.45, 7) is 2.94. The Morgan fingerprint density at radius 3 is 2.82 bits per heavy atom. The van der Waals surface area contributed by atoms with Crippen LogP contribution >= 0.6 is 27.3 Å². The van der Waals surface area contributed by atoms with Gasteiger partial charge in [0.25, 0.3) is 0 Å². The van der Waals surface area contributed by atoms with Crippen molar-refractivity contribution in [2.75, 3.05) is 6.54 Å². The summed E-state index contributed by atoms with van der Waals surface area (Å²) in [4.78, 5) is 1.24. The minimum absolute atomic E-state index is 0.136. The highest BCUT2D eigenvalue weighted by Gasteiger charge is 2.14. The molecule has 4 heteroatoms. The van der Waals surface area contributed by atoms with Gasteiger partial charge in [0.05, 0.1) is 10.5 Å². The van der Waals surface area contributed by atoms with Crippen LogP contribution in [0.3, 0.4) is 0 Å². The third kappa shape index (κ3) is 2.94. The van der Waals surface area contributed by atoms with Crippen LogP contribution in [0.4, 0.5) is 4.39 Å². The van der Waals surface area contributed by atoms with E-state index >= 15 is 0 Å². The van der Waals surface area contributed by atoms with Crippen LogP contribution in [0.15, 0.2) is 40.2 Å². The minimum Gasteiger partial charge on any atom is -0.306 e. The van der Waals surface area contributed by atoms with Crippen LogP contribution in [0, 0.1) is 5.82 Å². The Balaban J connectivity index is 2.35. The van der Waals surface area contributed by atoms with E-state index in [4.69, 9.17) is 0 Å². The van der Waals surface area contributed by atoms with Crippen molar-refractivity contribution in [3.05, 3.63) is 56.4 Å². The number of benzene rings is 1. The van der Waals surface area contributed by atoms with Gasteiger partial charge in [-0.1, -0.05) is 19.1 Å². The minimum atomic E-state index is -0.227. The van der Waals surface area contributed by atoms with Gasteiger partial charge in [-0.15, -0.1) is 11.3 Å². The maximum Gasteiger partial charge on any atom is 0.137 e. The molecule has 0 aliphatic heterocycles. The van der Waals surface area contributed by atoms with Gasteiger partial charge in [0, 0.05) is 4.88 Å². The third-order valence-electron chi connectivity index (χ3n) is 2.51.